The molecule has 2 aromatic carbocycles. The van der Waals surface area contributed by atoms with E-state index in [4.69, 9.17) is 4.74 Å². The van der Waals surface area contributed by atoms with Crippen LogP contribution in [-0.4, -0.2) is 70.6 Å². The maximum atomic E-state index is 12.1. The maximum Gasteiger partial charge on any atom is 0.406 e. The molecule has 0 saturated carbocycles. The standard InChI is InChI=1S/C19H25N5O3S.C7H8O/c1-3-16-20-18(24(26)27)19(23(16)13-15-7-5-4-6-8-15)22-11-9-21(10-12-22)17(25)14-28-2;1-8-7-5-3-2-4-6-7/h4-8H,3,9-14H2,1-2H3;2-6H,1H3. The predicted octanol–water partition coefficient (Wildman–Crippen LogP) is 4.11. The number of anilines is 1. The van der Waals surface area contributed by atoms with Crippen LogP contribution in [0.5, 0.6) is 5.75 Å². The van der Waals surface area contributed by atoms with Gasteiger partial charge in [0.25, 0.3) is 0 Å². The van der Waals surface area contributed by atoms with Crippen molar-refractivity contribution in [2.24, 2.45) is 0 Å². The first kappa shape index (κ1) is 27.1. The van der Waals surface area contributed by atoms with Crippen molar-refractivity contribution < 1.29 is 14.5 Å². The number of imidazole rings is 1. The number of nitrogens with zero attached hydrogens (tertiary/aromatic N) is 5. The van der Waals surface area contributed by atoms with Gasteiger partial charge >= 0.3 is 5.82 Å². The number of hydrogen-bond donors (Lipinski definition) is 0. The molecule has 0 radical (unpaired) electrons. The van der Waals surface area contributed by atoms with Gasteiger partial charge in [0, 0.05) is 32.6 Å². The lowest BCUT2D eigenvalue weighted by Gasteiger charge is -2.35. The van der Waals surface area contributed by atoms with Gasteiger partial charge in [-0.15, -0.1) is 0 Å². The van der Waals surface area contributed by atoms with E-state index in [-0.39, 0.29) is 11.7 Å². The van der Waals surface area contributed by atoms with Crippen molar-refractivity contribution in [2.45, 2.75) is 19.9 Å². The number of aryl methyl sites for hydroxylation is 1. The Bertz CT molecular complexity index is 1120. The fourth-order valence-electron chi connectivity index (χ4n) is 4.05. The van der Waals surface area contributed by atoms with Crippen molar-refractivity contribution in [2.75, 3.05) is 50.2 Å². The Hall–Kier alpha value is -3.53. The Kier molecular flexibility index (Phi) is 10.2. The molecule has 1 fully saturated rings. The molecule has 9 nitrogen and oxygen atoms in total. The summed E-state index contributed by atoms with van der Waals surface area (Å²) in [5, 5.41) is 11.7. The summed E-state index contributed by atoms with van der Waals surface area (Å²) in [5.41, 5.74) is 1.07. The Balaban J connectivity index is 0.000000383. The summed E-state index contributed by atoms with van der Waals surface area (Å²) in [4.78, 5) is 31.6. The lowest BCUT2D eigenvalue weighted by atomic mass is 10.2. The maximum absolute atomic E-state index is 12.1. The number of para-hydroxylation sites is 1. The van der Waals surface area contributed by atoms with Crippen LogP contribution in [0.3, 0.4) is 0 Å². The quantitative estimate of drug-likeness (QED) is 0.332. The van der Waals surface area contributed by atoms with E-state index >= 15 is 0 Å². The second-order valence-electron chi connectivity index (χ2n) is 8.18. The van der Waals surface area contributed by atoms with E-state index in [1.807, 2.05) is 88.2 Å². The molecular formula is C26H33N5O4S. The number of ether oxygens (including phenoxy) is 1. The molecule has 4 rings (SSSR count). The lowest BCUT2D eigenvalue weighted by Crippen LogP contribution is -2.50. The van der Waals surface area contributed by atoms with Crippen LogP contribution in [0, 0.1) is 10.1 Å². The molecule has 0 spiro atoms. The van der Waals surface area contributed by atoms with E-state index in [9.17, 15) is 14.9 Å². The van der Waals surface area contributed by atoms with Crippen molar-refractivity contribution in [1.29, 1.82) is 0 Å². The number of benzene rings is 2. The van der Waals surface area contributed by atoms with E-state index in [1.54, 1.807) is 7.11 Å². The number of nitro groups is 1. The molecule has 0 unspecified atom stereocenters. The average molecular weight is 512 g/mol. The predicted molar refractivity (Wildman–Crippen MR) is 144 cm³/mol. The minimum absolute atomic E-state index is 0.100. The second-order valence-corrected chi connectivity index (χ2v) is 9.04. The molecule has 0 bridgehead atoms. The highest BCUT2D eigenvalue weighted by molar-refractivity contribution is 7.99. The fraction of sp³-hybridized carbons (Fsp3) is 0.385. The summed E-state index contributed by atoms with van der Waals surface area (Å²) in [6.45, 7) is 4.74. The highest BCUT2D eigenvalue weighted by Gasteiger charge is 2.33. The van der Waals surface area contributed by atoms with Crippen LogP contribution in [0.2, 0.25) is 0 Å². The third-order valence-electron chi connectivity index (χ3n) is 5.85. The molecule has 1 aromatic heterocycles. The summed E-state index contributed by atoms with van der Waals surface area (Å²) in [6, 6.07) is 19.6. The van der Waals surface area contributed by atoms with Crippen molar-refractivity contribution in [3.63, 3.8) is 0 Å². The average Bonchev–Trinajstić information content (AvgIpc) is 3.29. The van der Waals surface area contributed by atoms with Gasteiger partial charge in [0.15, 0.2) is 0 Å². The number of thioether (sulfide) groups is 1. The van der Waals surface area contributed by atoms with Gasteiger partial charge in [-0.05, 0) is 33.9 Å². The molecule has 0 N–H and O–H groups in total. The number of methoxy groups -OCH3 is 1. The van der Waals surface area contributed by atoms with Gasteiger partial charge in [-0.1, -0.05) is 55.5 Å². The number of carbonyl (C=O) groups is 1. The molecule has 1 aliphatic rings. The molecule has 0 aliphatic carbocycles. The van der Waals surface area contributed by atoms with Gasteiger partial charge < -0.3 is 24.7 Å². The van der Waals surface area contributed by atoms with Crippen molar-refractivity contribution in [3.8, 4) is 5.75 Å². The van der Waals surface area contributed by atoms with Crippen molar-refractivity contribution in [3.05, 3.63) is 82.2 Å². The van der Waals surface area contributed by atoms with Gasteiger partial charge in [-0.3, -0.25) is 9.36 Å². The van der Waals surface area contributed by atoms with Crippen LogP contribution in [0.25, 0.3) is 0 Å². The zero-order valence-electron chi connectivity index (χ0n) is 21.0. The Labute approximate surface area is 216 Å². The van der Waals surface area contributed by atoms with Gasteiger partial charge in [-0.25, -0.2) is 0 Å². The lowest BCUT2D eigenvalue weighted by molar-refractivity contribution is -0.388. The largest absolute Gasteiger partial charge is 0.497 e. The summed E-state index contributed by atoms with van der Waals surface area (Å²) in [5.74, 6) is 2.64. The first-order chi connectivity index (χ1) is 17.5. The van der Waals surface area contributed by atoms with Crippen LogP contribution >= 0.6 is 11.8 Å². The van der Waals surface area contributed by atoms with Crippen LogP contribution < -0.4 is 9.64 Å². The smallest absolute Gasteiger partial charge is 0.406 e. The second kappa shape index (κ2) is 13.5. The van der Waals surface area contributed by atoms with Crippen LogP contribution in [-0.2, 0) is 17.8 Å². The first-order valence-electron chi connectivity index (χ1n) is 11.9. The Morgan fingerprint density at radius 2 is 1.67 bits per heavy atom. The third kappa shape index (κ3) is 7.00. The molecule has 2 heterocycles. The van der Waals surface area contributed by atoms with Crippen molar-refractivity contribution in [1.82, 2.24) is 14.5 Å². The third-order valence-corrected chi connectivity index (χ3v) is 6.39. The molecular weight excluding hydrogens is 478 g/mol. The Morgan fingerprint density at radius 3 is 2.17 bits per heavy atom. The Morgan fingerprint density at radius 1 is 1.06 bits per heavy atom. The fourth-order valence-corrected chi connectivity index (χ4v) is 4.48. The highest BCUT2D eigenvalue weighted by atomic mass is 32.2. The molecule has 1 aliphatic heterocycles. The van der Waals surface area contributed by atoms with E-state index in [1.165, 1.54) is 11.8 Å². The number of hydrogen-bond acceptors (Lipinski definition) is 7. The number of carbonyl (C=O) groups excluding carboxylic acids is 1. The molecule has 10 heteroatoms. The van der Waals surface area contributed by atoms with Gasteiger partial charge in [0.2, 0.25) is 17.5 Å². The highest BCUT2D eigenvalue weighted by Crippen LogP contribution is 2.31. The van der Waals surface area contributed by atoms with Gasteiger partial charge in [0.1, 0.15) is 5.75 Å². The van der Waals surface area contributed by atoms with E-state index < -0.39 is 4.92 Å². The minimum atomic E-state index is -0.402. The molecule has 36 heavy (non-hydrogen) atoms. The zero-order chi connectivity index (χ0) is 25.9. The van der Waals surface area contributed by atoms with Crippen molar-refractivity contribution >= 4 is 29.3 Å². The molecule has 0 atom stereocenters. The topological polar surface area (TPSA) is 93.7 Å². The minimum Gasteiger partial charge on any atom is -0.497 e. The zero-order valence-corrected chi connectivity index (χ0v) is 21.8. The first-order valence-corrected chi connectivity index (χ1v) is 13.3. The summed E-state index contributed by atoms with van der Waals surface area (Å²) < 4.78 is 6.87. The molecule has 192 valence electrons. The van der Waals surface area contributed by atoms with E-state index in [0.717, 1.165) is 11.3 Å². The van der Waals surface area contributed by atoms with E-state index in [2.05, 4.69) is 4.98 Å². The summed E-state index contributed by atoms with van der Waals surface area (Å²) in [7, 11) is 1.66. The molecule has 1 saturated heterocycles. The monoisotopic (exact) mass is 511 g/mol. The number of rotatable bonds is 8. The number of aromatic nitrogens is 2. The number of piperazine rings is 1. The van der Waals surface area contributed by atoms with E-state index in [0.29, 0.717) is 56.5 Å². The summed E-state index contributed by atoms with van der Waals surface area (Å²) >= 11 is 1.51. The van der Waals surface area contributed by atoms with Crippen LogP contribution in [0.15, 0.2) is 60.7 Å². The van der Waals surface area contributed by atoms with Gasteiger partial charge in [0.05, 0.1) is 19.4 Å². The molecule has 3 aromatic rings. The SMILES string of the molecule is CCc1nc([N+](=O)[O-])c(N2CCN(C(=O)CSC)CC2)n1Cc1ccccc1.COc1ccccc1. The van der Waals surface area contributed by atoms with Crippen LogP contribution in [0.4, 0.5) is 11.6 Å². The normalized spacial score (nSPS) is 13.1. The van der Waals surface area contributed by atoms with Gasteiger partial charge in [-0.2, -0.15) is 11.8 Å². The number of amides is 1. The summed E-state index contributed by atoms with van der Waals surface area (Å²) in [6.07, 6.45) is 2.52. The molecule has 1 amide bonds. The van der Waals surface area contributed by atoms with Crippen LogP contribution in [0.1, 0.15) is 18.3 Å².